The third-order valence-electron chi connectivity index (χ3n) is 4.68. The summed E-state index contributed by atoms with van der Waals surface area (Å²) in [6, 6.07) is 8.91. The zero-order valence-corrected chi connectivity index (χ0v) is 16.3. The Balaban J connectivity index is 1.21. The first-order chi connectivity index (χ1) is 13.3. The van der Waals surface area contributed by atoms with Crippen LogP contribution in [0, 0.1) is 0 Å². The molecule has 0 saturated carbocycles. The summed E-state index contributed by atoms with van der Waals surface area (Å²) in [5.74, 6) is 0.773. The molecule has 1 aliphatic heterocycles. The van der Waals surface area contributed by atoms with Gasteiger partial charge in [0.15, 0.2) is 5.16 Å². The fraction of sp³-hybridized carbons (Fsp3) is 0.429. The molecule has 0 radical (unpaired) electrons. The molecular weight excluding hydrogens is 358 g/mol. The minimum absolute atomic E-state index is 0.143. The summed E-state index contributed by atoms with van der Waals surface area (Å²) in [6.45, 7) is 0.528. The lowest BCUT2D eigenvalue weighted by molar-refractivity contribution is 0.0651. The molecule has 6 heteroatoms. The van der Waals surface area contributed by atoms with E-state index in [0.717, 1.165) is 30.2 Å². The van der Waals surface area contributed by atoms with Crippen LogP contribution in [0.15, 0.2) is 47.9 Å². The van der Waals surface area contributed by atoms with Crippen LogP contribution in [0.4, 0.5) is 0 Å². The van der Waals surface area contributed by atoms with Crippen molar-refractivity contribution in [3.05, 3.63) is 53.9 Å². The summed E-state index contributed by atoms with van der Waals surface area (Å²) in [4.78, 5) is 34.3. The molecule has 5 nitrogen and oxygen atoms in total. The normalized spacial score (nSPS) is 13.3. The average molecular weight is 384 g/mol. The molecule has 27 heavy (non-hydrogen) atoms. The van der Waals surface area contributed by atoms with Gasteiger partial charge in [0.1, 0.15) is 0 Å². The summed E-state index contributed by atoms with van der Waals surface area (Å²) in [5.41, 5.74) is 1.09. The predicted octanol–water partition coefficient (Wildman–Crippen LogP) is 4.60. The zero-order chi connectivity index (χ0) is 18.9. The van der Waals surface area contributed by atoms with Gasteiger partial charge in [-0.3, -0.25) is 14.5 Å². The van der Waals surface area contributed by atoms with Gasteiger partial charge in [0.05, 0.1) is 11.1 Å². The maximum absolute atomic E-state index is 12.3. The van der Waals surface area contributed by atoms with Crippen LogP contribution in [-0.4, -0.2) is 39.0 Å². The first kappa shape index (κ1) is 19.5. The minimum Gasteiger partial charge on any atom is -0.274 e. The van der Waals surface area contributed by atoms with Crippen LogP contribution < -0.4 is 0 Å². The Morgan fingerprint density at radius 1 is 0.741 bits per heavy atom. The molecule has 2 aromatic rings. The van der Waals surface area contributed by atoms with Gasteiger partial charge in [0, 0.05) is 24.7 Å². The number of amides is 2. The number of carbonyl (C=O) groups is 2. The van der Waals surface area contributed by atoms with E-state index in [4.69, 9.17) is 0 Å². The second-order valence-electron chi connectivity index (χ2n) is 6.66. The van der Waals surface area contributed by atoms with Gasteiger partial charge in [0.2, 0.25) is 0 Å². The van der Waals surface area contributed by atoms with Gasteiger partial charge in [-0.05, 0) is 31.0 Å². The van der Waals surface area contributed by atoms with Crippen LogP contribution >= 0.6 is 11.8 Å². The third kappa shape index (κ3) is 5.39. The molecule has 2 amide bonds. The number of unbranched alkanes of at least 4 members (excludes halogenated alkanes) is 6. The Morgan fingerprint density at radius 3 is 1.93 bits per heavy atom. The lowest BCUT2D eigenvalue weighted by atomic mass is 10.1. The Hall–Kier alpha value is -2.21. The molecule has 142 valence electrons. The molecule has 1 aromatic heterocycles. The second-order valence-corrected chi connectivity index (χ2v) is 7.72. The number of imide groups is 1. The number of carbonyl (C=O) groups excluding carboxylic acids is 2. The lowest BCUT2D eigenvalue weighted by Crippen LogP contribution is -2.30. The fourth-order valence-electron chi connectivity index (χ4n) is 3.22. The molecule has 0 bridgehead atoms. The van der Waals surface area contributed by atoms with Crippen molar-refractivity contribution in [1.82, 2.24) is 14.9 Å². The van der Waals surface area contributed by atoms with Crippen LogP contribution in [0.3, 0.4) is 0 Å². The second kappa shape index (κ2) is 10.2. The van der Waals surface area contributed by atoms with Crippen LogP contribution in [0.1, 0.15) is 65.7 Å². The lowest BCUT2D eigenvalue weighted by Gasteiger charge is -2.13. The summed E-state index contributed by atoms with van der Waals surface area (Å²) in [5, 5.41) is 0.852. The molecular formula is C21H25N3O2S. The number of fused-ring (bicyclic) bond motifs is 1. The van der Waals surface area contributed by atoms with E-state index in [9.17, 15) is 9.59 Å². The molecule has 3 rings (SSSR count). The number of hydrogen-bond acceptors (Lipinski definition) is 5. The molecule has 0 saturated heterocycles. The predicted molar refractivity (Wildman–Crippen MR) is 107 cm³/mol. The van der Waals surface area contributed by atoms with Gasteiger partial charge in [-0.1, -0.05) is 56.0 Å². The molecule has 0 spiro atoms. The van der Waals surface area contributed by atoms with Gasteiger partial charge >= 0.3 is 0 Å². The first-order valence-corrected chi connectivity index (χ1v) is 10.6. The first-order valence-electron chi connectivity index (χ1n) is 9.62. The van der Waals surface area contributed by atoms with Gasteiger partial charge in [-0.15, -0.1) is 0 Å². The highest BCUT2D eigenvalue weighted by Gasteiger charge is 2.34. The monoisotopic (exact) mass is 383 g/mol. The van der Waals surface area contributed by atoms with E-state index < -0.39 is 0 Å². The minimum atomic E-state index is -0.143. The van der Waals surface area contributed by atoms with Crippen molar-refractivity contribution in [2.75, 3.05) is 12.3 Å². The van der Waals surface area contributed by atoms with Gasteiger partial charge in [-0.2, -0.15) is 0 Å². The molecule has 1 aromatic carbocycles. The summed E-state index contributed by atoms with van der Waals surface area (Å²) in [7, 11) is 0. The smallest absolute Gasteiger partial charge is 0.261 e. The summed E-state index contributed by atoms with van der Waals surface area (Å²) in [6.07, 6.45) is 11.5. The zero-order valence-electron chi connectivity index (χ0n) is 15.5. The van der Waals surface area contributed by atoms with Crippen molar-refractivity contribution in [2.45, 2.75) is 50.1 Å². The van der Waals surface area contributed by atoms with Crippen molar-refractivity contribution in [3.8, 4) is 0 Å². The molecule has 0 aliphatic carbocycles. The van der Waals surface area contributed by atoms with Crippen molar-refractivity contribution < 1.29 is 9.59 Å². The van der Waals surface area contributed by atoms with Gasteiger partial charge < -0.3 is 0 Å². The number of hydrogen-bond donors (Lipinski definition) is 0. The Morgan fingerprint density at radius 2 is 1.30 bits per heavy atom. The average Bonchev–Trinajstić information content (AvgIpc) is 2.95. The number of aromatic nitrogens is 2. The maximum Gasteiger partial charge on any atom is 0.261 e. The molecule has 1 aliphatic rings. The summed E-state index contributed by atoms with van der Waals surface area (Å²) < 4.78 is 0. The van der Waals surface area contributed by atoms with Crippen molar-refractivity contribution in [2.24, 2.45) is 0 Å². The SMILES string of the molecule is O=C1c2ccccc2C(=O)N1CCCCCCCCCSc1ncccn1. The van der Waals surface area contributed by atoms with E-state index in [2.05, 4.69) is 9.97 Å². The van der Waals surface area contributed by atoms with E-state index in [1.54, 1.807) is 48.4 Å². The molecule has 0 fully saturated rings. The van der Waals surface area contributed by atoms with Crippen molar-refractivity contribution in [3.63, 3.8) is 0 Å². The maximum atomic E-state index is 12.3. The molecule has 0 N–H and O–H groups in total. The fourth-order valence-corrected chi connectivity index (χ4v) is 4.02. The Kier molecular flexibility index (Phi) is 7.39. The highest BCUT2D eigenvalue weighted by Crippen LogP contribution is 2.23. The Bertz CT molecular complexity index is 732. The largest absolute Gasteiger partial charge is 0.274 e. The number of nitrogens with zero attached hydrogens (tertiary/aromatic N) is 3. The third-order valence-corrected chi connectivity index (χ3v) is 5.64. The van der Waals surface area contributed by atoms with E-state index in [-0.39, 0.29) is 11.8 Å². The van der Waals surface area contributed by atoms with Crippen LogP contribution in [0.5, 0.6) is 0 Å². The number of rotatable bonds is 11. The van der Waals surface area contributed by atoms with Crippen LogP contribution in [0.2, 0.25) is 0 Å². The number of benzene rings is 1. The van der Waals surface area contributed by atoms with E-state index in [0.29, 0.717) is 17.7 Å². The number of thioether (sulfide) groups is 1. The van der Waals surface area contributed by atoms with Crippen LogP contribution in [-0.2, 0) is 0 Å². The van der Waals surface area contributed by atoms with Crippen molar-refractivity contribution in [1.29, 1.82) is 0 Å². The van der Waals surface area contributed by atoms with Gasteiger partial charge in [0.25, 0.3) is 11.8 Å². The topological polar surface area (TPSA) is 63.2 Å². The van der Waals surface area contributed by atoms with E-state index in [1.807, 2.05) is 6.07 Å². The van der Waals surface area contributed by atoms with Crippen molar-refractivity contribution >= 4 is 23.6 Å². The highest BCUT2D eigenvalue weighted by molar-refractivity contribution is 7.99. The summed E-state index contributed by atoms with van der Waals surface area (Å²) >= 11 is 1.71. The highest BCUT2D eigenvalue weighted by atomic mass is 32.2. The quantitative estimate of drug-likeness (QED) is 0.246. The van der Waals surface area contributed by atoms with Crippen LogP contribution in [0.25, 0.3) is 0 Å². The molecule has 0 atom stereocenters. The standard InChI is InChI=1S/C21H25N3O2S/c25-19-17-11-6-7-12-18(17)20(26)24(19)15-8-4-2-1-3-5-9-16-27-21-22-13-10-14-23-21/h6-7,10-14H,1-5,8-9,15-16H2. The Labute approximate surface area is 164 Å². The van der Waals surface area contributed by atoms with E-state index in [1.165, 1.54) is 30.6 Å². The molecule has 2 heterocycles. The molecule has 0 unspecified atom stereocenters. The van der Waals surface area contributed by atoms with Gasteiger partial charge in [-0.25, -0.2) is 9.97 Å². The van der Waals surface area contributed by atoms with E-state index >= 15 is 0 Å².